The number of rotatable bonds is 6. The number of hydrogen-bond acceptors (Lipinski definition) is 4. The van der Waals surface area contributed by atoms with E-state index in [4.69, 9.17) is 0 Å². The summed E-state index contributed by atoms with van der Waals surface area (Å²) in [6, 6.07) is 0.220. The predicted molar refractivity (Wildman–Crippen MR) is 130 cm³/mol. The molecule has 0 aliphatic heterocycles. The largest absolute Gasteiger partial charge is 0.393 e. The van der Waals surface area contributed by atoms with Crippen LogP contribution in [0.3, 0.4) is 0 Å². The van der Waals surface area contributed by atoms with Crippen LogP contribution in [0.4, 0.5) is 0 Å². The number of hydrogen-bond donors (Lipinski definition) is 4. The molecule has 4 N–H and O–H groups in total. The molecule has 0 radical (unpaired) electrons. The van der Waals surface area contributed by atoms with Crippen molar-refractivity contribution in [2.45, 2.75) is 123 Å². The van der Waals surface area contributed by atoms with Crippen molar-refractivity contribution >= 4 is 5.91 Å². The van der Waals surface area contributed by atoms with Gasteiger partial charge in [-0.25, -0.2) is 0 Å². The minimum atomic E-state index is -0.359. The molecule has 4 rings (SSSR count). The molecule has 0 aromatic rings. The summed E-state index contributed by atoms with van der Waals surface area (Å²) in [5.74, 6) is 2.19. The van der Waals surface area contributed by atoms with Crippen molar-refractivity contribution in [2.24, 2.45) is 46.3 Å². The Morgan fingerprint density at radius 2 is 1.76 bits per heavy atom. The normalized spacial score (nSPS) is 48.8. The summed E-state index contributed by atoms with van der Waals surface area (Å²) in [7, 11) is 0. The minimum Gasteiger partial charge on any atom is -0.393 e. The van der Waals surface area contributed by atoms with Crippen LogP contribution in [-0.4, -0.2) is 45.6 Å². The number of aliphatic hydroxyl groups is 3. The maximum atomic E-state index is 12.4. The Labute approximate surface area is 201 Å². The SMILES string of the molecule is CCC(C)NC(=O)CC[C@@H](C)[C@H]1CCC2C3C(C[C@H](O)[C@@]21C)[C@@]1(C)CC[C@@H](O)CC1C[C@H]3O. The highest BCUT2D eigenvalue weighted by Crippen LogP contribution is 2.68. The summed E-state index contributed by atoms with van der Waals surface area (Å²) in [5, 5.41) is 36.4. The van der Waals surface area contributed by atoms with Crippen LogP contribution in [0.15, 0.2) is 0 Å². The molecule has 12 atom stereocenters. The number of fused-ring (bicyclic) bond motifs is 5. The lowest BCUT2D eigenvalue weighted by atomic mass is 9.43. The van der Waals surface area contributed by atoms with E-state index < -0.39 is 0 Å². The molecular weight excluding hydrogens is 414 g/mol. The highest BCUT2D eigenvalue weighted by atomic mass is 16.3. The Balaban J connectivity index is 1.49. The predicted octanol–water partition coefficient (Wildman–Crippen LogP) is 4.28. The van der Waals surface area contributed by atoms with Gasteiger partial charge in [0.25, 0.3) is 0 Å². The zero-order valence-corrected chi connectivity index (χ0v) is 21.6. The Morgan fingerprint density at radius 3 is 2.45 bits per heavy atom. The van der Waals surface area contributed by atoms with Crippen LogP contribution in [0.25, 0.3) is 0 Å². The van der Waals surface area contributed by atoms with Gasteiger partial charge >= 0.3 is 0 Å². The van der Waals surface area contributed by atoms with E-state index in [1.165, 1.54) is 0 Å². The molecule has 5 nitrogen and oxygen atoms in total. The third-order valence-corrected chi connectivity index (χ3v) is 11.4. The number of nitrogens with one attached hydrogen (secondary N) is 1. The van der Waals surface area contributed by atoms with E-state index in [9.17, 15) is 20.1 Å². The molecule has 0 aromatic heterocycles. The van der Waals surface area contributed by atoms with E-state index in [-0.39, 0.29) is 47.0 Å². The van der Waals surface area contributed by atoms with Crippen LogP contribution in [-0.2, 0) is 4.79 Å². The standard InChI is InChI=1S/C28H49NO4/c1-6-17(3)29-25(33)10-7-16(2)20-8-9-21-26-22(15-24(32)28(20,21)5)27(4)12-11-19(30)13-18(27)14-23(26)31/h16-24,26,30-32H,6-15H2,1-5H3,(H,29,33)/t16-,17?,18?,19-,20-,21?,22?,23-,24+,26?,27+,28-/m1/s1. The summed E-state index contributed by atoms with van der Waals surface area (Å²) >= 11 is 0. The van der Waals surface area contributed by atoms with E-state index >= 15 is 0 Å². The lowest BCUT2D eigenvalue weighted by Crippen LogP contribution is -2.62. The number of carbonyl (C=O) groups excluding carboxylic acids is 1. The lowest BCUT2D eigenvalue weighted by molar-refractivity contribution is -0.207. The molecule has 5 heteroatoms. The van der Waals surface area contributed by atoms with Crippen LogP contribution in [0, 0.1) is 46.3 Å². The highest BCUT2D eigenvalue weighted by Gasteiger charge is 2.65. The molecule has 190 valence electrons. The Bertz CT molecular complexity index is 714. The zero-order chi connectivity index (χ0) is 24.1. The molecule has 33 heavy (non-hydrogen) atoms. The highest BCUT2D eigenvalue weighted by molar-refractivity contribution is 5.76. The molecule has 4 fully saturated rings. The molecular formula is C28H49NO4. The first kappa shape index (κ1) is 25.4. The van der Waals surface area contributed by atoms with Crippen LogP contribution in [0.5, 0.6) is 0 Å². The van der Waals surface area contributed by atoms with Crippen molar-refractivity contribution in [3.8, 4) is 0 Å². The Hall–Kier alpha value is -0.650. The van der Waals surface area contributed by atoms with Crippen molar-refractivity contribution in [1.82, 2.24) is 5.32 Å². The Kier molecular flexibility index (Phi) is 7.27. The minimum absolute atomic E-state index is 0.114. The van der Waals surface area contributed by atoms with E-state index in [2.05, 4.69) is 33.0 Å². The fourth-order valence-corrected chi connectivity index (χ4v) is 9.14. The van der Waals surface area contributed by atoms with Gasteiger partial charge in [0.1, 0.15) is 0 Å². The summed E-state index contributed by atoms with van der Waals surface area (Å²) in [4.78, 5) is 12.4. The van der Waals surface area contributed by atoms with Gasteiger partial charge in [0.2, 0.25) is 5.91 Å². The average molecular weight is 464 g/mol. The molecule has 5 unspecified atom stereocenters. The van der Waals surface area contributed by atoms with Crippen LogP contribution in [0.1, 0.15) is 98.8 Å². The van der Waals surface area contributed by atoms with E-state index in [1.807, 2.05) is 6.92 Å². The summed E-state index contributed by atoms with van der Waals surface area (Å²) < 4.78 is 0. The average Bonchev–Trinajstić information content (AvgIpc) is 3.12. The monoisotopic (exact) mass is 463 g/mol. The van der Waals surface area contributed by atoms with Gasteiger partial charge in [-0.05, 0) is 111 Å². The molecule has 0 saturated heterocycles. The van der Waals surface area contributed by atoms with Crippen molar-refractivity contribution in [1.29, 1.82) is 0 Å². The van der Waals surface area contributed by atoms with E-state index in [1.54, 1.807) is 0 Å². The quantitative estimate of drug-likeness (QED) is 0.473. The molecule has 0 heterocycles. The molecule has 0 bridgehead atoms. The van der Waals surface area contributed by atoms with Gasteiger partial charge in [0.05, 0.1) is 18.3 Å². The maximum Gasteiger partial charge on any atom is 0.220 e. The van der Waals surface area contributed by atoms with Gasteiger partial charge in [0.15, 0.2) is 0 Å². The van der Waals surface area contributed by atoms with Gasteiger partial charge in [-0.15, -0.1) is 0 Å². The number of amides is 1. The second kappa shape index (κ2) is 9.43. The zero-order valence-electron chi connectivity index (χ0n) is 21.6. The third-order valence-electron chi connectivity index (χ3n) is 11.4. The Morgan fingerprint density at radius 1 is 1.03 bits per heavy atom. The second-order valence-electron chi connectivity index (χ2n) is 12.9. The molecule has 0 aromatic carbocycles. The third kappa shape index (κ3) is 4.29. The maximum absolute atomic E-state index is 12.4. The van der Waals surface area contributed by atoms with Gasteiger partial charge in [-0.2, -0.15) is 0 Å². The first-order chi connectivity index (χ1) is 15.5. The van der Waals surface area contributed by atoms with E-state index in [0.717, 1.165) is 57.8 Å². The first-order valence-corrected chi connectivity index (χ1v) is 13.9. The number of carbonyl (C=O) groups is 1. The molecule has 4 aliphatic carbocycles. The van der Waals surface area contributed by atoms with E-state index in [0.29, 0.717) is 36.0 Å². The molecule has 0 spiro atoms. The smallest absolute Gasteiger partial charge is 0.220 e. The number of aliphatic hydroxyl groups excluding tert-OH is 3. The van der Waals surface area contributed by atoms with Crippen LogP contribution in [0.2, 0.25) is 0 Å². The summed E-state index contributed by atoms with van der Waals surface area (Å²) in [6.07, 6.45) is 7.82. The van der Waals surface area contributed by atoms with Crippen molar-refractivity contribution in [3.05, 3.63) is 0 Å². The van der Waals surface area contributed by atoms with Gasteiger partial charge in [-0.3, -0.25) is 4.79 Å². The summed E-state index contributed by atoms with van der Waals surface area (Å²) in [6.45, 7) is 11.1. The van der Waals surface area contributed by atoms with Crippen LogP contribution < -0.4 is 5.32 Å². The van der Waals surface area contributed by atoms with Gasteiger partial charge in [0, 0.05) is 12.5 Å². The van der Waals surface area contributed by atoms with Crippen LogP contribution >= 0.6 is 0 Å². The fraction of sp³-hybridized carbons (Fsp3) is 0.964. The van der Waals surface area contributed by atoms with Gasteiger partial charge in [-0.1, -0.05) is 27.7 Å². The fourth-order valence-electron chi connectivity index (χ4n) is 9.14. The first-order valence-electron chi connectivity index (χ1n) is 13.9. The van der Waals surface area contributed by atoms with Crippen molar-refractivity contribution in [3.63, 3.8) is 0 Å². The lowest BCUT2D eigenvalue weighted by Gasteiger charge is -2.63. The van der Waals surface area contributed by atoms with Gasteiger partial charge < -0.3 is 20.6 Å². The molecule has 4 saturated carbocycles. The topological polar surface area (TPSA) is 89.8 Å². The van der Waals surface area contributed by atoms with Crippen molar-refractivity contribution < 1.29 is 20.1 Å². The second-order valence-corrected chi connectivity index (χ2v) is 12.9. The summed E-state index contributed by atoms with van der Waals surface area (Å²) in [5.41, 5.74) is -0.0741. The molecule has 4 aliphatic rings. The molecule has 1 amide bonds. The van der Waals surface area contributed by atoms with Crippen molar-refractivity contribution in [2.75, 3.05) is 0 Å².